The number of alkyl halides is 3. The fourth-order valence-corrected chi connectivity index (χ4v) is 3.49. The molecule has 4 rings (SSSR count). The number of aromatic nitrogens is 5. The summed E-state index contributed by atoms with van der Waals surface area (Å²) in [4.78, 5) is 41.3. The van der Waals surface area contributed by atoms with Gasteiger partial charge in [-0.3, -0.25) is 27.7 Å². The Balaban J connectivity index is 2.02. The molecule has 3 aromatic heterocycles. The van der Waals surface area contributed by atoms with Crippen molar-refractivity contribution in [3.05, 3.63) is 62.6 Å². The Kier molecular flexibility index (Phi) is 4.22. The molecule has 0 radical (unpaired) electrons. The number of imidazole rings is 2. The SMILES string of the molecule is CC(=O)Cn1c(=O)c2c(nc3n(-c4ccc(C(F)(F)F)cc4)c(C)cn23)n(C)c1=O. The van der Waals surface area contributed by atoms with E-state index in [1.807, 2.05) is 0 Å². The number of hydrogen-bond acceptors (Lipinski definition) is 4. The fourth-order valence-electron chi connectivity index (χ4n) is 3.49. The summed E-state index contributed by atoms with van der Waals surface area (Å²) < 4.78 is 43.7. The lowest BCUT2D eigenvalue weighted by atomic mass is 10.2. The molecule has 0 saturated heterocycles. The number of nitrogens with zero attached hydrogens (tertiary/aromatic N) is 5. The largest absolute Gasteiger partial charge is 0.416 e. The van der Waals surface area contributed by atoms with E-state index in [1.165, 1.54) is 35.1 Å². The number of benzene rings is 1. The molecule has 0 aliphatic rings. The molecule has 156 valence electrons. The molecule has 1 aromatic carbocycles. The molecule has 0 aliphatic carbocycles. The van der Waals surface area contributed by atoms with E-state index in [0.29, 0.717) is 11.4 Å². The lowest BCUT2D eigenvalue weighted by Crippen LogP contribution is -2.40. The van der Waals surface area contributed by atoms with Crippen molar-refractivity contribution >= 4 is 22.7 Å². The van der Waals surface area contributed by atoms with Gasteiger partial charge in [0.15, 0.2) is 11.2 Å². The number of hydrogen-bond donors (Lipinski definition) is 0. The summed E-state index contributed by atoms with van der Waals surface area (Å²) in [6.07, 6.45) is -2.85. The third-order valence-corrected chi connectivity index (χ3v) is 4.86. The molecule has 0 fully saturated rings. The molecule has 0 unspecified atom stereocenters. The van der Waals surface area contributed by atoms with Crippen LogP contribution in [0, 0.1) is 6.92 Å². The van der Waals surface area contributed by atoms with Crippen LogP contribution in [0.4, 0.5) is 13.2 Å². The van der Waals surface area contributed by atoms with Crippen LogP contribution in [0.1, 0.15) is 18.2 Å². The molecular formula is C19H16F3N5O3. The summed E-state index contributed by atoms with van der Waals surface area (Å²) in [7, 11) is 1.43. The minimum Gasteiger partial charge on any atom is -0.298 e. The number of carbonyl (C=O) groups is 1. The number of ketones is 1. The summed E-state index contributed by atoms with van der Waals surface area (Å²) in [6.45, 7) is 2.62. The van der Waals surface area contributed by atoms with Gasteiger partial charge in [0, 0.05) is 24.6 Å². The van der Waals surface area contributed by atoms with Gasteiger partial charge < -0.3 is 0 Å². The fraction of sp³-hybridized carbons (Fsp3) is 0.263. The average Bonchev–Trinajstić information content (AvgIpc) is 3.17. The van der Waals surface area contributed by atoms with Gasteiger partial charge in [-0.25, -0.2) is 4.79 Å². The first kappa shape index (κ1) is 19.7. The Bertz CT molecular complexity index is 1440. The molecule has 0 amide bonds. The third-order valence-electron chi connectivity index (χ3n) is 4.86. The van der Waals surface area contributed by atoms with Crippen LogP contribution in [0.2, 0.25) is 0 Å². The average molecular weight is 419 g/mol. The number of carbonyl (C=O) groups excluding carboxylic acids is 1. The predicted octanol–water partition coefficient (Wildman–Crippen LogP) is 2.05. The van der Waals surface area contributed by atoms with E-state index in [2.05, 4.69) is 4.98 Å². The molecule has 11 heteroatoms. The van der Waals surface area contributed by atoms with Crippen molar-refractivity contribution in [3.63, 3.8) is 0 Å². The van der Waals surface area contributed by atoms with Crippen molar-refractivity contribution in [2.24, 2.45) is 7.05 Å². The lowest BCUT2D eigenvalue weighted by Gasteiger charge is -2.09. The molecule has 8 nitrogen and oxygen atoms in total. The van der Waals surface area contributed by atoms with Crippen LogP contribution < -0.4 is 11.2 Å². The zero-order chi connectivity index (χ0) is 22.0. The Labute approximate surface area is 166 Å². The molecule has 0 spiro atoms. The molecule has 0 aliphatic heterocycles. The topological polar surface area (TPSA) is 83.3 Å². The molecule has 0 saturated carbocycles. The van der Waals surface area contributed by atoms with Crippen molar-refractivity contribution in [2.45, 2.75) is 26.6 Å². The van der Waals surface area contributed by atoms with E-state index in [-0.39, 0.29) is 29.3 Å². The smallest absolute Gasteiger partial charge is 0.298 e. The minimum absolute atomic E-state index is 0.0992. The zero-order valence-electron chi connectivity index (χ0n) is 16.2. The van der Waals surface area contributed by atoms with Crippen molar-refractivity contribution in [2.75, 3.05) is 0 Å². The highest BCUT2D eigenvalue weighted by Gasteiger charge is 2.30. The van der Waals surface area contributed by atoms with Crippen molar-refractivity contribution in [1.29, 1.82) is 0 Å². The second-order valence-electron chi connectivity index (χ2n) is 7.04. The maximum atomic E-state index is 12.9. The number of aryl methyl sites for hydroxylation is 2. The Morgan fingerprint density at radius 3 is 2.33 bits per heavy atom. The van der Waals surface area contributed by atoms with E-state index in [9.17, 15) is 27.6 Å². The van der Waals surface area contributed by atoms with Crippen LogP contribution in [0.15, 0.2) is 40.1 Å². The highest BCUT2D eigenvalue weighted by molar-refractivity contribution is 5.78. The van der Waals surface area contributed by atoms with Crippen LogP contribution in [0.3, 0.4) is 0 Å². The summed E-state index contributed by atoms with van der Waals surface area (Å²) in [5.74, 6) is -0.0947. The van der Waals surface area contributed by atoms with E-state index in [1.54, 1.807) is 17.7 Å². The van der Waals surface area contributed by atoms with Crippen LogP contribution in [-0.2, 0) is 24.6 Å². The van der Waals surface area contributed by atoms with Gasteiger partial charge in [0.2, 0.25) is 5.78 Å². The predicted molar refractivity (Wildman–Crippen MR) is 102 cm³/mol. The molecule has 0 N–H and O–H groups in total. The quantitative estimate of drug-likeness (QED) is 0.509. The van der Waals surface area contributed by atoms with E-state index in [0.717, 1.165) is 16.7 Å². The Morgan fingerprint density at radius 1 is 1.13 bits per heavy atom. The number of fused-ring (bicyclic) bond motifs is 3. The molecule has 4 aromatic rings. The maximum Gasteiger partial charge on any atom is 0.416 e. The summed E-state index contributed by atoms with van der Waals surface area (Å²) >= 11 is 0. The normalized spacial score (nSPS) is 12.2. The highest BCUT2D eigenvalue weighted by atomic mass is 19.4. The van der Waals surface area contributed by atoms with Gasteiger partial charge in [0.1, 0.15) is 5.78 Å². The number of halogens is 3. The van der Waals surface area contributed by atoms with Gasteiger partial charge >= 0.3 is 11.9 Å². The van der Waals surface area contributed by atoms with Gasteiger partial charge in [-0.05, 0) is 38.1 Å². The number of rotatable bonds is 3. The van der Waals surface area contributed by atoms with Crippen LogP contribution in [0.25, 0.3) is 22.6 Å². The van der Waals surface area contributed by atoms with Crippen molar-refractivity contribution in [1.82, 2.24) is 23.1 Å². The van der Waals surface area contributed by atoms with E-state index >= 15 is 0 Å². The van der Waals surface area contributed by atoms with Crippen molar-refractivity contribution < 1.29 is 18.0 Å². The lowest BCUT2D eigenvalue weighted by molar-refractivity contribution is -0.137. The Hall–Kier alpha value is -3.63. The minimum atomic E-state index is -4.46. The molecule has 30 heavy (non-hydrogen) atoms. The number of Topliss-reactive ketones (excluding diaryl/α,β-unsaturated/α-hetero) is 1. The zero-order valence-corrected chi connectivity index (χ0v) is 16.2. The van der Waals surface area contributed by atoms with Gasteiger partial charge in [0.05, 0.1) is 12.1 Å². The third kappa shape index (κ3) is 2.85. The van der Waals surface area contributed by atoms with E-state index in [4.69, 9.17) is 0 Å². The maximum absolute atomic E-state index is 12.9. The van der Waals surface area contributed by atoms with Crippen LogP contribution >= 0.6 is 0 Å². The van der Waals surface area contributed by atoms with Gasteiger partial charge in [-0.2, -0.15) is 18.2 Å². The molecular weight excluding hydrogens is 403 g/mol. The summed E-state index contributed by atoms with van der Waals surface area (Å²) in [6, 6.07) is 4.54. The molecule has 0 bridgehead atoms. The van der Waals surface area contributed by atoms with Crippen molar-refractivity contribution in [3.8, 4) is 5.69 Å². The second kappa shape index (κ2) is 6.44. The highest BCUT2D eigenvalue weighted by Crippen LogP contribution is 2.30. The monoisotopic (exact) mass is 419 g/mol. The summed E-state index contributed by atoms with van der Waals surface area (Å²) in [5, 5.41) is 0. The second-order valence-corrected chi connectivity index (χ2v) is 7.04. The van der Waals surface area contributed by atoms with Crippen LogP contribution in [-0.4, -0.2) is 28.9 Å². The molecule has 0 atom stereocenters. The van der Waals surface area contributed by atoms with E-state index < -0.39 is 23.0 Å². The first-order valence-corrected chi connectivity index (χ1v) is 8.87. The van der Waals surface area contributed by atoms with Gasteiger partial charge in [0.25, 0.3) is 5.56 Å². The van der Waals surface area contributed by atoms with Crippen LogP contribution in [0.5, 0.6) is 0 Å². The summed E-state index contributed by atoms with van der Waals surface area (Å²) in [5.41, 5.74) is -0.885. The van der Waals surface area contributed by atoms with Gasteiger partial charge in [-0.15, -0.1) is 0 Å². The standard InChI is InChI=1S/C19H16F3N5O3/c1-10-8-25-14-15(24(3)18(30)26(16(14)29)9-11(2)28)23-17(25)27(10)13-6-4-12(5-7-13)19(20,21)22/h4-8H,9H2,1-3H3. The van der Waals surface area contributed by atoms with Gasteiger partial charge in [-0.1, -0.05) is 0 Å². The molecule has 3 heterocycles. The first-order valence-electron chi connectivity index (χ1n) is 8.87. The first-order chi connectivity index (χ1) is 14.0. The Morgan fingerprint density at radius 2 is 1.77 bits per heavy atom.